The molecule has 128 valence electrons. The van der Waals surface area contributed by atoms with Crippen LogP contribution in [0, 0.1) is 10.1 Å². The molecule has 4 N–H and O–H groups in total. The van der Waals surface area contributed by atoms with Crippen LogP contribution in [0.4, 0.5) is 11.4 Å². The number of halogens is 2. The van der Waals surface area contributed by atoms with Crippen LogP contribution in [0.3, 0.4) is 0 Å². The Labute approximate surface area is 148 Å². The van der Waals surface area contributed by atoms with Gasteiger partial charge in [0, 0.05) is 6.07 Å². The number of anilines is 1. The Kier molecular flexibility index (Phi) is 4.27. The van der Waals surface area contributed by atoms with Crippen molar-refractivity contribution in [3.8, 4) is 0 Å². The summed E-state index contributed by atoms with van der Waals surface area (Å²) >= 11 is 12.0. The summed E-state index contributed by atoms with van der Waals surface area (Å²) in [7, 11) is 0. The molecule has 0 unspecified atom stereocenters. The summed E-state index contributed by atoms with van der Waals surface area (Å²) in [5.74, 6) is 0.138. The van der Waals surface area contributed by atoms with Crippen molar-refractivity contribution < 1.29 is 4.92 Å². The van der Waals surface area contributed by atoms with Crippen molar-refractivity contribution in [1.82, 2.24) is 0 Å². The second-order valence-electron chi connectivity index (χ2n) is 5.83. The number of benzene rings is 1. The molecular weight excluding hydrogens is 355 g/mol. The van der Waals surface area contributed by atoms with E-state index in [0.29, 0.717) is 12.8 Å². The molecule has 0 saturated heterocycles. The monoisotopic (exact) mass is 370 g/mol. The minimum absolute atomic E-state index is 0.0610. The average molecular weight is 371 g/mol. The first-order valence-electron chi connectivity index (χ1n) is 7.47. The zero-order chi connectivity index (χ0) is 17.5. The summed E-state index contributed by atoms with van der Waals surface area (Å²) < 4.78 is 0. The first-order chi connectivity index (χ1) is 11.3. The molecule has 0 amide bonds. The highest BCUT2D eigenvalue weighted by molar-refractivity contribution is 6.42. The van der Waals surface area contributed by atoms with Crippen LogP contribution in [0.2, 0.25) is 10.0 Å². The normalized spacial score (nSPS) is 19.8. The van der Waals surface area contributed by atoms with Crippen molar-refractivity contribution in [2.24, 2.45) is 21.5 Å². The van der Waals surface area contributed by atoms with Crippen molar-refractivity contribution in [2.75, 3.05) is 4.90 Å². The van der Waals surface area contributed by atoms with E-state index < -0.39 is 10.6 Å². The van der Waals surface area contributed by atoms with E-state index in [4.69, 9.17) is 34.7 Å². The molecule has 8 nitrogen and oxygen atoms in total. The van der Waals surface area contributed by atoms with Gasteiger partial charge in [-0.15, -0.1) is 0 Å². The summed E-state index contributed by atoms with van der Waals surface area (Å²) in [5, 5.41) is 11.8. The number of hydrogen-bond donors (Lipinski definition) is 2. The van der Waals surface area contributed by atoms with Gasteiger partial charge in [0.25, 0.3) is 5.69 Å². The molecule has 1 aromatic carbocycles. The molecule has 1 fully saturated rings. The standard InChI is InChI=1S/C14H16Cl2N6O2/c15-8-6-10(11(22(23)24)7-9(8)16)21-13(18)19-12(17)20-14(21)4-2-1-3-5-14/h6-7H,1-5H2,(H4,17,18,19,20). The lowest BCUT2D eigenvalue weighted by Crippen LogP contribution is -2.58. The highest BCUT2D eigenvalue weighted by Crippen LogP contribution is 2.44. The number of aliphatic imine (C=N–C) groups is 2. The van der Waals surface area contributed by atoms with E-state index in [0.717, 1.165) is 19.3 Å². The summed E-state index contributed by atoms with van der Waals surface area (Å²) in [6, 6.07) is 2.64. The Balaban J connectivity index is 2.21. The lowest BCUT2D eigenvalue weighted by Gasteiger charge is -2.45. The predicted octanol–water partition coefficient (Wildman–Crippen LogP) is 3.01. The van der Waals surface area contributed by atoms with Crippen LogP contribution in [0.5, 0.6) is 0 Å². The fraction of sp³-hybridized carbons (Fsp3) is 0.429. The Bertz CT molecular complexity index is 758. The third kappa shape index (κ3) is 2.76. The van der Waals surface area contributed by atoms with Crippen molar-refractivity contribution in [3.05, 3.63) is 32.3 Å². The van der Waals surface area contributed by atoms with Gasteiger partial charge in [-0.1, -0.05) is 29.6 Å². The number of nitrogens with zero attached hydrogens (tertiary/aromatic N) is 4. The lowest BCUT2D eigenvalue weighted by molar-refractivity contribution is -0.384. The molecule has 24 heavy (non-hydrogen) atoms. The van der Waals surface area contributed by atoms with Gasteiger partial charge in [-0.3, -0.25) is 15.0 Å². The molecule has 0 atom stereocenters. The Morgan fingerprint density at radius 3 is 2.42 bits per heavy atom. The number of nitrogens with two attached hydrogens (primary N) is 2. The summed E-state index contributed by atoms with van der Waals surface area (Å²) in [4.78, 5) is 21.0. The molecule has 1 aliphatic heterocycles. The molecule has 10 heteroatoms. The third-order valence-electron chi connectivity index (χ3n) is 4.31. The van der Waals surface area contributed by atoms with Crippen molar-refractivity contribution >= 4 is 46.5 Å². The molecule has 1 aromatic rings. The van der Waals surface area contributed by atoms with Gasteiger partial charge in [0.15, 0.2) is 0 Å². The van der Waals surface area contributed by atoms with E-state index >= 15 is 0 Å². The molecule has 1 spiro atoms. The first kappa shape index (κ1) is 16.8. The quantitative estimate of drug-likeness (QED) is 0.611. The molecule has 2 aliphatic rings. The average Bonchev–Trinajstić information content (AvgIpc) is 2.50. The maximum Gasteiger partial charge on any atom is 0.294 e. The second-order valence-corrected chi connectivity index (χ2v) is 6.65. The Morgan fingerprint density at radius 2 is 1.79 bits per heavy atom. The molecule has 3 rings (SSSR count). The van der Waals surface area contributed by atoms with Gasteiger partial charge < -0.3 is 11.5 Å². The highest BCUT2D eigenvalue weighted by Gasteiger charge is 2.45. The zero-order valence-electron chi connectivity index (χ0n) is 12.7. The molecule has 0 aromatic heterocycles. The van der Waals surface area contributed by atoms with Gasteiger partial charge in [-0.2, -0.15) is 4.99 Å². The minimum Gasteiger partial charge on any atom is -0.369 e. The molecule has 1 aliphatic carbocycles. The number of hydrogen-bond acceptors (Lipinski definition) is 7. The number of guanidine groups is 2. The SMILES string of the molecule is NC1=NC2(CCCCC2)N(c2cc(Cl)c(Cl)cc2[N+](=O)[O-])C(N)=N1. The van der Waals surface area contributed by atoms with Crippen LogP contribution in [0.15, 0.2) is 22.1 Å². The summed E-state index contributed by atoms with van der Waals surface area (Å²) in [6.45, 7) is 0. The van der Waals surface area contributed by atoms with Crippen LogP contribution in [0.1, 0.15) is 32.1 Å². The van der Waals surface area contributed by atoms with E-state index in [2.05, 4.69) is 9.98 Å². The number of nitro groups is 1. The summed E-state index contributed by atoms with van der Waals surface area (Å²) in [6.07, 6.45) is 4.22. The molecule has 1 saturated carbocycles. The fourth-order valence-electron chi connectivity index (χ4n) is 3.32. The van der Waals surface area contributed by atoms with Gasteiger partial charge in [-0.25, -0.2) is 4.99 Å². The molecular formula is C14H16Cl2N6O2. The van der Waals surface area contributed by atoms with Crippen molar-refractivity contribution in [2.45, 2.75) is 37.8 Å². The lowest BCUT2D eigenvalue weighted by atomic mass is 9.87. The van der Waals surface area contributed by atoms with Gasteiger partial charge >= 0.3 is 0 Å². The van der Waals surface area contributed by atoms with Crippen LogP contribution >= 0.6 is 23.2 Å². The largest absolute Gasteiger partial charge is 0.369 e. The minimum atomic E-state index is -0.782. The number of rotatable bonds is 2. The van der Waals surface area contributed by atoms with E-state index in [1.165, 1.54) is 12.1 Å². The zero-order valence-corrected chi connectivity index (χ0v) is 14.2. The molecule has 0 radical (unpaired) electrons. The maximum atomic E-state index is 11.5. The third-order valence-corrected chi connectivity index (χ3v) is 5.03. The van der Waals surface area contributed by atoms with E-state index in [-0.39, 0.29) is 33.3 Å². The van der Waals surface area contributed by atoms with Crippen molar-refractivity contribution in [3.63, 3.8) is 0 Å². The predicted molar refractivity (Wildman–Crippen MR) is 94.7 cm³/mol. The van der Waals surface area contributed by atoms with Gasteiger partial charge in [-0.05, 0) is 31.7 Å². The second kappa shape index (κ2) is 6.10. The Hall–Kier alpha value is -2.06. The fourth-order valence-corrected chi connectivity index (χ4v) is 3.64. The van der Waals surface area contributed by atoms with E-state index in [1.807, 2.05) is 0 Å². The van der Waals surface area contributed by atoms with Gasteiger partial charge in [0.05, 0.1) is 15.0 Å². The Morgan fingerprint density at radius 1 is 1.17 bits per heavy atom. The first-order valence-corrected chi connectivity index (χ1v) is 8.23. The molecule has 1 heterocycles. The van der Waals surface area contributed by atoms with Crippen LogP contribution in [-0.4, -0.2) is 22.5 Å². The van der Waals surface area contributed by atoms with E-state index in [9.17, 15) is 10.1 Å². The topological polar surface area (TPSA) is 123 Å². The van der Waals surface area contributed by atoms with Gasteiger partial charge in [0.1, 0.15) is 11.4 Å². The van der Waals surface area contributed by atoms with E-state index in [1.54, 1.807) is 4.90 Å². The van der Waals surface area contributed by atoms with Gasteiger partial charge in [0.2, 0.25) is 11.9 Å². The highest BCUT2D eigenvalue weighted by atomic mass is 35.5. The molecule has 0 bridgehead atoms. The van der Waals surface area contributed by atoms with Crippen LogP contribution in [-0.2, 0) is 0 Å². The van der Waals surface area contributed by atoms with Crippen LogP contribution in [0.25, 0.3) is 0 Å². The number of nitro benzene ring substituents is 1. The smallest absolute Gasteiger partial charge is 0.294 e. The van der Waals surface area contributed by atoms with Crippen molar-refractivity contribution in [1.29, 1.82) is 0 Å². The maximum absolute atomic E-state index is 11.5. The summed E-state index contributed by atoms with van der Waals surface area (Å²) in [5.41, 5.74) is 11.1. The van der Waals surface area contributed by atoms with Crippen LogP contribution < -0.4 is 16.4 Å².